The summed E-state index contributed by atoms with van der Waals surface area (Å²) in [5.74, 6) is 1.05. The fourth-order valence-corrected chi connectivity index (χ4v) is 2.45. The SMILES string of the molecule is CCCc1cc(OCC)cc(CCC)c1CC. The van der Waals surface area contributed by atoms with Gasteiger partial charge in [0.15, 0.2) is 0 Å². The Morgan fingerprint density at radius 3 is 1.76 bits per heavy atom. The molecule has 0 radical (unpaired) electrons. The molecule has 96 valence electrons. The van der Waals surface area contributed by atoms with E-state index in [2.05, 4.69) is 32.9 Å². The van der Waals surface area contributed by atoms with Crippen molar-refractivity contribution in [3.63, 3.8) is 0 Å². The van der Waals surface area contributed by atoms with Crippen LogP contribution in [0.15, 0.2) is 12.1 Å². The van der Waals surface area contributed by atoms with Gasteiger partial charge in [0.05, 0.1) is 6.61 Å². The van der Waals surface area contributed by atoms with Crippen molar-refractivity contribution in [1.29, 1.82) is 0 Å². The molecule has 1 aromatic rings. The number of ether oxygens (including phenoxy) is 1. The Morgan fingerprint density at radius 1 is 0.882 bits per heavy atom. The standard InChI is InChI=1S/C16H26O/c1-5-9-13-11-15(17-8-4)12-14(10-6-2)16(13)7-3/h11-12H,5-10H2,1-4H3. The van der Waals surface area contributed by atoms with Crippen LogP contribution in [0.4, 0.5) is 0 Å². The van der Waals surface area contributed by atoms with Crippen LogP contribution in [-0.2, 0) is 19.3 Å². The molecule has 0 unspecified atom stereocenters. The minimum Gasteiger partial charge on any atom is -0.494 e. The molecule has 1 heteroatoms. The lowest BCUT2D eigenvalue weighted by molar-refractivity contribution is 0.339. The Morgan fingerprint density at radius 2 is 1.41 bits per heavy atom. The van der Waals surface area contributed by atoms with Crippen molar-refractivity contribution in [3.05, 3.63) is 28.8 Å². The van der Waals surface area contributed by atoms with Crippen molar-refractivity contribution < 1.29 is 4.74 Å². The van der Waals surface area contributed by atoms with Crippen LogP contribution in [0, 0.1) is 0 Å². The van der Waals surface area contributed by atoms with E-state index in [1.165, 1.54) is 36.8 Å². The van der Waals surface area contributed by atoms with Gasteiger partial charge in [-0.25, -0.2) is 0 Å². The van der Waals surface area contributed by atoms with E-state index >= 15 is 0 Å². The van der Waals surface area contributed by atoms with Crippen LogP contribution in [0.2, 0.25) is 0 Å². The smallest absolute Gasteiger partial charge is 0.119 e. The Hall–Kier alpha value is -0.980. The van der Waals surface area contributed by atoms with E-state index in [4.69, 9.17) is 4.74 Å². The van der Waals surface area contributed by atoms with Gasteiger partial charge in [0, 0.05) is 0 Å². The van der Waals surface area contributed by atoms with E-state index in [0.717, 1.165) is 18.8 Å². The van der Waals surface area contributed by atoms with Gasteiger partial charge < -0.3 is 4.74 Å². The van der Waals surface area contributed by atoms with Crippen molar-refractivity contribution in [2.45, 2.75) is 59.8 Å². The minimum atomic E-state index is 0.753. The molecule has 0 atom stereocenters. The molecule has 17 heavy (non-hydrogen) atoms. The maximum Gasteiger partial charge on any atom is 0.119 e. The first kappa shape index (κ1) is 14.1. The summed E-state index contributed by atoms with van der Waals surface area (Å²) in [6.07, 6.45) is 5.88. The van der Waals surface area contributed by atoms with Crippen molar-refractivity contribution in [3.8, 4) is 5.75 Å². The zero-order valence-corrected chi connectivity index (χ0v) is 11.8. The zero-order chi connectivity index (χ0) is 12.7. The van der Waals surface area contributed by atoms with E-state index < -0.39 is 0 Å². The highest BCUT2D eigenvalue weighted by molar-refractivity contribution is 5.42. The number of aryl methyl sites for hydroxylation is 2. The van der Waals surface area contributed by atoms with Crippen molar-refractivity contribution >= 4 is 0 Å². The summed E-state index contributed by atoms with van der Waals surface area (Å²) in [4.78, 5) is 0. The summed E-state index contributed by atoms with van der Waals surface area (Å²) < 4.78 is 5.68. The normalized spacial score (nSPS) is 10.6. The summed E-state index contributed by atoms with van der Waals surface area (Å²) in [5.41, 5.74) is 4.53. The summed E-state index contributed by atoms with van der Waals surface area (Å²) in [5, 5.41) is 0. The van der Waals surface area contributed by atoms with Crippen molar-refractivity contribution in [2.24, 2.45) is 0 Å². The average molecular weight is 234 g/mol. The first-order valence-electron chi connectivity index (χ1n) is 7.04. The van der Waals surface area contributed by atoms with Crippen LogP contribution in [0.1, 0.15) is 57.2 Å². The largest absolute Gasteiger partial charge is 0.494 e. The second-order valence-corrected chi connectivity index (χ2v) is 4.51. The van der Waals surface area contributed by atoms with Crippen molar-refractivity contribution in [1.82, 2.24) is 0 Å². The van der Waals surface area contributed by atoms with Crippen LogP contribution in [0.5, 0.6) is 5.75 Å². The molecule has 0 aliphatic heterocycles. The maximum atomic E-state index is 5.68. The Kier molecular flexibility index (Phi) is 6.10. The van der Waals surface area contributed by atoms with Crippen LogP contribution in [0.3, 0.4) is 0 Å². The van der Waals surface area contributed by atoms with Gasteiger partial charge in [0.25, 0.3) is 0 Å². The molecular weight excluding hydrogens is 208 g/mol. The zero-order valence-electron chi connectivity index (χ0n) is 11.8. The topological polar surface area (TPSA) is 9.23 Å². The minimum absolute atomic E-state index is 0.753. The van der Waals surface area contributed by atoms with E-state index in [1.54, 1.807) is 5.56 Å². The van der Waals surface area contributed by atoms with Gasteiger partial charge in [-0.05, 0) is 55.0 Å². The summed E-state index contributed by atoms with van der Waals surface area (Å²) in [7, 11) is 0. The third-order valence-electron chi connectivity index (χ3n) is 3.11. The van der Waals surface area contributed by atoms with Crippen LogP contribution < -0.4 is 4.74 Å². The number of benzene rings is 1. The van der Waals surface area contributed by atoms with Gasteiger partial charge in [0.1, 0.15) is 5.75 Å². The molecule has 0 heterocycles. The van der Waals surface area contributed by atoms with Crippen molar-refractivity contribution in [2.75, 3.05) is 6.61 Å². The number of rotatable bonds is 7. The average Bonchev–Trinajstić information content (AvgIpc) is 2.30. The molecule has 1 rings (SSSR count). The highest BCUT2D eigenvalue weighted by Gasteiger charge is 2.09. The second kappa shape index (κ2) is 7.37. The Balaban J connectivity index is 3.14. The molecule has 0 saturated heterocycles. The van der Waals surface area contributed by atoms with Gasteiger partial charge in [-0.3, -0.25) is 0 Å². The number of hydrogen-bond acceptors (Lipinski definition) is 1. The molecule has 0 spiro atoms. The molecule has 0 saturated carbocycles. The molecule has 0 amide bonds. The van der Waals surface area contributed by atoms with E-state index in [1.807, 2.05) is 6.92 Å². The molecule has 0 N–H and O–H groups in total. The summed E-state index contributed by atoms with van der Waals surface area (Å²) >= 11 is 0. The lowest BCUT2D eigenvalue weighted by Crippen LogP contribution is -2.02. The monoisotopic (exact) mass is 234 g/mol. The van der Waals surface area contributed by atoms with Crippen LogP contribution in [-0.4, -0.2) is 6.61 Å². The molecule has 0 bridgehead atoms. The Bertz CT molecular complexity index is 314. The third kappa shape index (κ3) is 3.76. The third-order valence-corrected chi connectivity index (χ3v) is 3.11. The van der Waals surface area contributed by atoms with E-state index in [-0.39, 0.29) is 0 Å². The quantitative estimate of drug-likeness (QED) is 0.672. The fourth-order valence-electron chi connectivity index (χ4n) is 2.45. The van der Waals surface area contributed by atoms with Gasteiger partial charge in [-0.15, -0.1) is 0 Å². The molecule has 0 aliphatic rings. The summed E-state index contributed by atoms with van der Waals surface area (Å²) in [6.45, 7) is 9.54. The summed E-state index contributed by atoms with van der Waals surface area (Å²) in [6, 6.07) is 4.48. The molecule has 1 aromatic carbocycles. The maximum absolute atomic E-state index is 5.68. The van der Waals surface area contributed by atoms with Crippen LogP contribution >= 0.6 is 0 Å². The second-order valence-electron chi connectivity index (χ2n) is 4.51. The molecular formula is C16H26O. The highest BCUT2D eigenvalue weighted by atomic mass is 16.5. The van der Waals surface area contributed by atoms with Gasteiger partial charge >= 0.3 is 0 Å². The molecule has 0 fully saturated rings. The lowest BCUT2D eigenvalue weighted by Gasteiger charge is -2.16. The van der Waals surface area contributed by atoms with Gasteiger partial charge in [0.2, 0.25) is 0 Å². The van der Waals surface area contributed by atoms with Gasteiger partial charge in [-0.1, -0.05) is 33.6 Å². The van der Waals surface area contributed by atoms with E-state index in [0.29, 0.717) is 0 Å². The predicted octanol–water partition coefficient (Wildman–Crippen LogP) is 4.55. The van der Waals surface area contributed by atoms with E-state index in [9.17, 15) is 0 Å². The first-order chi connectivity index (χ1) is 8.26. The highest BCUT2D eigenvalue weighted by Crippen LogP contribution is 2.25. The van der Waals surface area contributed by atoms with Crippen LogP contribution in [0.25, 0.3) is 0 Å². The molecule has 1 nitrogen and oxygen atoms in total. The van der Waals surface area contributed by atoms with Gasteiger partial charge in [-0.2, -0.15) is 0 Å². The number of hydrogen-bond donors (Lipinski definition) is 0. The lowest BCUT2D eigenvalue weighted by atomic mass is 9.93. The molecule has 0 aromatic heterocycles. The molecule has 0 aliphatic carbocycles. The Labute approximate surface area is 106 Å². The fraction of sp³-hybridized carbons (Fsp3) is 0.625. The first-order valence-corrected chi connectivity index (χ1v) is 7.04. The predicted molar refractivity (Wildman–Crippen MR) is 75.0 cm³/mol.